The topological polar surface area (TPSA) is 30.7 Å². The molecular weight excluding hydrogens is 244 g/mol. The van der Waals surface area contributed by atoms with Gasteiger partial charge in [0.15, 0.2) is 0 Å². The Morgan fingerprint density at radius 1 is 0.857 bits per heavy atom. The SMILES string of the molecule is Clc1ccc(-n2c(Cl)nnc2Cl)cc1. The lowest BCUT2D eigenvalue weighted by Crippen LogP contribution is -1.93. The molecule has 0 aliphatic rings. The minimum atomic E-state index is 0.220. The van der Waals surface area contributed by atoms with Crippen molar-refractivity contribution in [2.24, 2.45) is 0 Å². The summed E-state index contributed by atoms with van der Waals surface area (Å²) in [4.78, 5) is 0. The van der Waals surface area contributed by atoms with Gasteiger partial charge in [-0.05, 0) is 47.5 Å². The molecule has 0 aliphatic heterocycles. The van der Waals surface area contributed by atoms with Gasteiger partial charge in [0.05, 0.1) is 5.69 Å². The second-order valence-corrected chi connectivity index (χ2v) is 3.66. The van der Waals surface area contributed by atoms with E-state index in [9.17, 15) is 0 Å². The van der Waals surface area contributed by atoms with Crippen LogP contribution in [0, 0.1) is 0 Å². The van der Waals surface area contributed by atoms with E-state index in [-0.39, 0.29) is 10.6 Å². The van der Waals surface area contributed by atoms with E-state index in [1.807, 2.05) is 0 Å². The molecular formula is C8H4Cl3N3. The number of hydrogen-bond donors (Lipinski definition) is 0. The zero-order valence-electron chi connectivity index (χ0n) is 6.78. The summed E-state index contributed by atoms with van der Waals surface area (Å²) in [6.07, 6.45) is 0. The normalized spacial score (nSPS) is 10.5. The Balaban J connectivity index is 2.54. The lowest BCUT2D eigenvalue weighted by atomic mass is 10.3. The Morgan fingerprint density at radius 2 is 1.36 bits per heavy atom. The van der Waals surface area contributed by atoms with Crippen molar-refractivity contribution in [3.05, 3.63) is 39.9 Å². The highest BCUT2D eigenvalue weighted by Crippen LogP contribution is 2.21. The van der Waals surface area contributed by atoms with Crippen LogP contribution < -0.4 is 0 Å². The number of nitrogens with zero attached hydrogens (tertiary/aromatic N) is 3. The molecule has 0 spiro atoms. The molecule has 1 aromatic carbocycles. The van der Waals surface area contributed by atoms with Crippen LogP contribution in [0.5, 0.6) is 0 Å². The van der Waals surface area contributed by atoms with Gasteiger partial charge in [0, 0.05) is 5.02 Å². The van der Waals surface area contributed by atoms with Gasteiger partial charge in [-0.15, -0.1) is 10.2 Å². The zero-order valence-corrected chi connectivity index (χ0v) is 9.05. The fourth-order valence-electron chi connectivity index (χ4n) is 1.05. The van der Waals surface area contributed by atoms with E-state index in [4.69, 9.17) is 34.8 Å². The molecule has 1 heterocycles. The Kier molecular flexibility index (Phi) is 2.63. The maximum Gasteiger partial charge on any atom is 0.230 e. The van der Waals surface area contributed by atoms with Gasteiger partial charge in [0.1, 0.15) is 0 Å². The van der Waals surface area contributed by atoms with Crippen LogP contribution in [-0.2, 0) is 0 Å². The summed E-state index contributed by atoms with van der Waals surface area (Å²) in [5.74, 6) is 0. The van der Waals surface area contributed by atoms with E-state index in [0.29, 0.717) is 5.02 Å². The van der Waals surface area contributed by atoms with Crippen LogP contribution in [0.2, 0.25) is 15.6 Å². The van der Waals surface area contributed by atoms with E-state index in [2.05, 4.69) is 10.2 Å². The average Bonchev–Trinajstić information content (AvgIpc) is 2.49. The molecule has 0 amide bonds. The summed E-state index contributed by atoms with van der Waals surface area (Å²) in [6.45, 7) is 0. The van der Waals surface area contributed by atoms with E-state index in [1.54, 1.807) is 24.3 Å². The van der Waals surface area contributed by atoms with Crippen molar-refractivity contribution in [1.82, 2.24) is 14.8 Å². The maximum atomic E-state index is 5.79. The summed E-state index contributed by atoms with van der Waals surface area (Å²) in [6, 6.07) is 7.04. The quantitative estimate of drug-likeness (QED) is 0.776. The molecule has 2 aromatic rings. The van der Waals surface area contributed by atoms with Crippen molar-refractivity contribution < 1.29 is 0 Å². The number of halogens is 3. The summed E-state index contributed by atoms with van der Waals surface area (Å²) >= 11 is 17.3. The second kappa shape index (κ2) is 3.77. The Bertz CT molecular complexity index is 430. The van der Waals surface area contributed by atoms with Crippen LogP contribution in [-0.4, -0.2) is 14.8 Å². The van der Waals surface area contributed by atoms with Crippen LogP contribution in [0.1, 0.15) is 0 Å². The van der Waals surface area contributed by atoms with E-state index >= 15 is 0 Å². The lowest BCUT2D eigenvalue weighted by Gasteiger charge is -2.03. The first kappa shape index (κ1) is 9.77. The third-order valence-corrected chi connectivity index (χ3v) is 2.41. The summed E-state index contributed by atoms with van der Waals surface area (Å²) in [7, 11) is 0. The van der Waals surface area contributed by atoms with Crippen molar-refractivity contribution in [2.45, 2.75) is 0 Å². The highest BCUT2D eigenvalue weighted by atomic mass is 35.5. The van der Waals surface area contributed by atoms with Crippen LogP contribution in [0.4, 0.5) is 0 Å². The van der Waals surface area contributed by atoms with Crippen LogP contribution in [0.15, 0.2) is 24.3 Å². The average molecular weight is 248 g/mol. The highest BCUT2D eigenvalue weighted by molar-refractivity contribution is 6.32. The maximum absolute atomic E-state index is 5.79. The first-order valence-electron chi connectivity index (χ1n) is 3.71. The minimum absolute atomic E-state index is 0.220. The van der Waals surface area contributed by atoms with Gasteiger partial charge in [0.25, 0.3) is 0 Å². The van der Waals surface area contributed by atoms with Crippen molar-refractivity contribution in [2.75, 3.05) is 0 Å². The van der Waals surface area contributed by atoms with Crippen molar-refractivity contribution >= 4 is 34.8 Å². The largest absolute Gasteiger partial charge is 0.257 e. The minimum Gasteiger partial charge on any atom is -0.257 e. The first-order valence-corrected chi connectivity index (χ1v) is 4.84. The Labute approximate surface area is 95.2 Å². The van der Waals surface area contributed by atoms with Gasteiger partial charge >= 0.3 is 0 Å². The molecule has 0 N–H and O–H groups in total. The third-order valence-electron chi connectivity index (χ3n) is 1.67. The highest BCUT2D eigenvalue weighted by Gasteiger charge is 2.09. The van der Waals surface area contributed by atoms with Gasteiger partial charge < -0.3 is 0 Å². The standard InChI is InChI=1S/C8H4Cl3N3/c9-5-1-3-6(4-2-5)14-7(10)12-13-8(14)11/h1-4H. The smallest absolute Gasteiger partial charge is 0.230 e. The molecule has 0 bridgehead atoms. The van der Waals surface area contributed by atoms with E-state index in [1.165, 1.54) is 4.57 Å². The molecule has 0 saturated heterocycles. The summed E-state index contributed by atoms with van der Waals surface area (Å²) < 4.78 is 1.51. The van der Waals surface area contributed by atoms with Crippen molar-refractivity contribution in [1.29, 1.82) is 0 Å². The van der Waals surface area contributed by atoms with Crippen LogP contribution >= 0.6 is 34.8 Å². The molecule has 0 saturated carbocycles. The first-order chi connectivity index (χ1) is 6.68. The number of hydrogen-bond acceptors (Lipinski definition) is 2. The Morgan fingerprint density at radius 3 is 1.86 bits per heavy atom. The number of rotatable bonds is 1. The lowest BCUT2D eigenvalue weighted by molar-refractivity contribution is 1.06. The van der Waals surface area contributed by atoms with Gasteiger partial charge in [0.2, 0.25) is 10.6 Å². The molecule has 3 nitrogen and oxygen atoms in total. The third kappa shape index (κ3) is 1.71. The van der Waals surface area contributed by atoms with Crippen LogP contribution in [0.3, 0.4) is 0 Å². The zero-order chi connectivity index (χ0) is 10.1. The van der Waals surface area contributed by atoms with E-state index in [0.717, 1.165) is 5.69 Å². The van der Waals surface area contributed by atoms with Crippen molar-refractivity contribution in [3.8, 4) is 5.69 Å². The number of benzene rings is 1. The predicted molar refractivity (Wildman–Crippen MR) is 56.4 cm³/mol. The van der Waals surface area contributed by atoms with Crippen molar-refractivity contribution in [3.63, 3.8) is 0 Å². The molecule has 1 aromatic heterocycles. The van der Waals surface area contributed by atoms with Gasteiger partial charge in [-0.25, -0.2) is 0 Å². The second-order valence-electron chi connectivity index (χ2n) is 2.55. The molecule has 0 aliphatic carbocycles. The summed E-state index contributed by atoms with van der Waals surface area (Å²) in [5, 5.41) is 8.34. The monoisotopic (exact) mass is 247 g/mol. The van der Waals surface area contributed by atoms with Gasteiger partial charge in [-0.1, -0.05) is 11.6 Å². The molecule has 72 valence electrons. The molecule has 6 heteroatoms. The Hall–Kier alpha value is -0.770. The van der Waals surface area contributed by atoms with Crippen LogP contribution in [0.25, 0.3) is 5.69 Å². The van der Waals surface area contributed by atoms with Gasteiger partial charge in [-0.3, -0.25) is 4.57 Å². The van der Waals surface area contributed by atoms with E-state index < -0.39 is 0 Å². The van der Waals surface area contributed by atoms with Gasteiger partial charge in [-0.2, -0.15) is 0 Å². The molecule has 0 fully saturated rings. The predicted octanol–water partition coefficient (Wildman–Crippen LogP) is 3.23. The fourth-order valence-corrected chi connectivity index (χ4v) is 1.65. The fraction of sp³-hybridized carbons (Fsp3) is 0. The molecule has 2 rings (SSSR count). The molecule has 14 heavy (non-hydrogen) atoms. The molecule has 0 atom stereocenters. The number of aromatic nitrogens is 3. The summed E-state index contributed by atoms with van der Waals surface area (Å²) in [5.41, 5.74) is 0.773. The molecule has 0 radical (unpaired) electrons. The molecule has 0 unspecified atom stereocenters.